The molecule has 0 radical (unpaired) electrons. The van der Waals surface area contributed by atoms with Crippen LogP contribution in [0.3, 0.4) is 0 Å². The molecule has 2 N–H and O–H groups in total. The van der Waals surface area contributed by atoms with E-state index in [0.717, 1.165) is 22.4 Å². The summed E-state index contributed by atoms with van der Waals surface area (Å²) in [6, 6.07) is 16.9. The summed E-state index contributed by atoms with van der Waals surface area (Å²) in [7, 11) is 0. The van der Waals surface area contributed by atoms with Gasteiger partial charge in [0, 0.05) is 17.9 Å². The van der Waals surface area contributed by atoms with Crippen molar-refractivity contribution < 1.29 is 23.8 Å². The number of hydrogen-bond donors (Lipinski definition) is 2. The molecule has 0 spiro atoms. The number of halogens is 1. The fraction of sp³-hybridized carbons (Fsp3) is 0.308. The van der Waals surface area contributed by atoms with Crippen LogP contribution in [-0.4, -0.2) is 36.0 Å². The smallest absolute Gasteiger partial charge is 0.307 e. The fourth-order valence-corrected chi connectivity index (χ4v) is 4.09. The van der Waals surface area contributed by atoms with Crippen LogP contribution in [-0.2, 0) is 11.2 Å². The molecule has 1 saturated heterocycles. The molecule has 8 heteroatoms. The Morgan fingerprint density at radius 1 is 1.24 bits per heavy atom. The number of amides is 1. The molecule has 0 saturated carbocycles. The molecular formula is C26H27ClN2O5. The minimum absolute atomic E-state index is 0.167. The van der Waals surface area contributed by atoms with E-state index in [2.05, 4.69) is 10.5 Å². The number of nitrogens with one attached hydrogen (secondary N) is 1. The third kappa shape index (κ3) is 6.26. The van der Waals surface area contributed by atoms with Crippen LogP contribution in [0.4, 0.5) is 0 Å². The topological polar surface area (TPSA) is 93.3 Å². The average Bonchev–Trinajstić information content (AvgIpc) is 3.37. The van der Waals surface area contributed by atoms with Gasteiger partial charge in [-0.05, 0) is 60.4 Å². The lowest BCUT2D eigenvalue weighted by Gasteiger charge is -2.32. The Morgan fingerprint density at radius 3 is 2.79 bits per heavy atom. The zero-order chi connectivity index (χ0) is 23.9. The van der Waals surface area contributed by atoms with Crippen LogP contribution in [0.25, 0.3) is 0 Å². The van der Waals surface area contributed by atoms with E-state index in [1.165, 1.54) is 12.5 Å². The first-order valence-electron chi connectivity index (χ1n) is 11.2. The highest BCUT2D eigenvalue weighted by Gasteiger charge is 2.29. The first-order chi connectivity index (χ1) is 16.5. The Morgan fingerprint density at radius 2 is 2.06 bits per heavy atom. The Hall–Kier alpha value is -3.13. The predicted molar refractivity (Wildman–Crippen MR) is 129 cm³/mol. The van der Waals surface area contributed by atoms with Crippen LogP contribution in [0.15, 0.2) is 70.4 Å². The molecule has 0 bridgehead atoms. The number of nitrogens with zero attached hydrogens (tertiary/aromatic N) is 1. The van der Waals surface area contributed by atoms with Crippen molar-refractivity contribution in [3.05, 3.63) is 88.3 Å². The number of aliphatic hydroxyl groups is 1. The van der Waals surface area contributed by atoms with Crippen molar-refractivity contribution in [1.82, 2.24) is 5.43 Å². The number of rotatable bonds is 8. The van der Waals surface area contributed by atoms with Crippen LogP contribution in [0, 0.1) is 0 Å². The summed E-state index contributed by atoms with van der Waals surface area (Å²) in [5.74, 6) is 0.551. The van der Waals surface area contributed by atoms with Crippen molar-refractivity contribution >= 4 is 23.7 Å². The van der Waals surface area contributed by atoms with Gasteiger partial charge in [0.2, 0.25) is 0 Å². The highest BCUT2D eigenvalue weighted by molar-refractivity contribution is 6.31. The van der Waals surface area contributed by atoms with Gasteiger partial charge in [-0.1, -0.05) is 35.9 Å². The first kappa shape index (κ1) is 24.0. The maximum atomic E-state index is 11.9. The molecule has 2 heterocycles. The highest BCUT2D eigenvalue weighted by Crippen LogP contribution is 2.33. The summed E-state index contributed by atoms with van der Waals surface area (Å²) in [6.45, 7) is 2.58. The SMILES string of the molecule is CCOc1ccc(Cc2cc(C3CC(O)CC(C=NNC(=O)c4ccco4)O3)ccc2Cl)cc1. The summed E-state index contributed by atoms with van der Waals surface area (Å²) in [6.07, 6.45) is 3.11. The van der Waals surface area contributed by atoms with Crippen LogP contribution < -0.4 is 10.2 Å². The fourth-order valence-electron chi connectivity index (χ4n) is 3.91. The number of benzene rings is 2. The number of carbonyl (C=O) groups excluding carboxylic acids is 1. The minimum atomic E-state index is -0.554. The maximum Gasteiger partial charge on any atom is 0.307 e. The molecule has 4 rings (SSSR count). The normalized spacial score (nSPS) is 20.4. The summed E-state index contributed by atoms with van der Waals surface area (Å²) < 4.78 is 16.7. The van der Waals surface area contributed by atoms with Crippen molar-refractivity contribution in [2.75, 3.05) is 6.61 Å². The molecule has 1 aromatic heterocycles. The van der Waals surface area contributed by atoms with E-state index >= 15 is 0 Å². The second-order valence-electron chi connectivity index (χ2n) is 8.09. The largest absolute Gasteiger partial charge is 0.494 e. The maximum absolute atomic E-state index is 11.9. The molecule has 3 unspecified atom stereocenters. The number of carbonyl (C=O) groups is 1. The molecule has 34 heavy (non-hydrogen) atoms. The number of hydrazone groups is 1. The van der Waals surface area contributed by atoms with Crippen molar-refractivity contribution in [1.29, 1.82) is 0 Å². The Labute approximate surface area is 203 Å². The Balaban J connectivity index is 1.42. The second-order valence-corrected chi connectivity index (χ2v) is 8.50. The minimum Gasteiger partial charge on any atom is -0.494 e. The molecule has 1 fully saturated rings. The summed E-state index contributed by atoms with van der Waals surface area (Å²) >= 11 is 6.48. The van der Waals surface area contributed by atoms with Gasteiger partial charge in [-0.15, -0.1) is 0 Å². The van der Waals surface area contributed by atoms with Crippen molar-refractivity contribution in [3.63, 3.8) is 0 Å². The molecule has 178 valence electrons. The second kappa shape index (κ2) is 11.3. The van der Waals surface area contributed by atoms with Crippen molar-refractivity contribution in [2.24, 2.45) is 5.10 Å². The van der Waals surface area contributed by atoms with E-state index < -0.39 is 18.1 Å². The van der Waals surface area contributed by atoms with Crippen LogP contribution in [0.5, 0.6) is 5.75 Å². The summed E-state index contributed by atoms with van der Waals surface area (Å²) in [5.41, 5.74) is 5.43. The molecule has 1 aliphatic heterocycles. The number of hydrogen-bond acceptors (Lipinski definition) is 6. The Bertz CT molecular complexity index is 1110. The number of ether oxygens (including phenoxy) is 2. The Kier molecular flexibility index (Phi) is 8.00. The van der Waals surface area contributed by atoms with E-state index in [-0.39, 0.29) is 11.9 Å². The van der Waals surface area contributed by atoms with Gasteiger partial charge in [0.1, 0.15) is 5.75 Å². The first-order valence-corrected chi connectivity index (χ1v) is 11.6. The predicted octanol–water partition coefficient (Wildman–Crippen LogP) is 4.92. The molecule has 3 atom stereocenters. The van der Waals surface area contributed by atoms with Gasteiger partial charge >= 0.3 is 5.91 Å². The average molecular weight is 483 g/mol. The van der Waals surface area contributed by atoms with Gasteiger partial charge in [0.15, 0.2) is 5.76 Å². The van der Waals surface area contributed by atoms with Crippen molar-refractivity contribution in [2.45, 2.75) is 44.5 Å². The summed E-state index contributed by atoms with van der Waals surface area (Å²) in [5, 5.41) is 15.1. The number of furan rings is 1. The molecule has 0 aliphatic carbocycles. The lowest BCUT2D eigenvalue weighted by atomic mass is 9.94. The van der Waals surface area contributed by atoms with Gasteiger partial charge in [-0.25, -0.2) is 5.43 Å². The molecule has 7 nitrogen and oxygen atoms in total. The van der Waals surface area contributed by atoms with Gasteiger partial charge < -0.3 is 19.0 Å². The number of aliphatic hydroxyl groups excluding tert-OH is 1. The van der Waals surface area contributed by atoms with Crippen LogP contribution in [0.2, 0.25) is 5.02 Å². The lowest BCUT2D eigenvalue weighted by molar-refractivity contribution is -0.0681. The van der Waals surface area contributed by atoms with Crippen LogP contribution in [0.1, 0.15) is 53.1 Å². The standard InChI is InChI=1S/C26H27ClN2O5/c1-2-32-21-8-5-17(6-9-21)12-19-13-18(7-10-23(19)27)25-15-20(30)14-22(34-25)16-28-29-26(31)24-4-3-11-33-24/h3-11,13,16,20,22,25,30H,2,12,14-15H2,1H3,(H,29,31). The highest BCUT2D eigenvalue weighted by atomic mass is 35.5. The van der Waals surface area contributed by atoms with E-state index in [9.17, 15) is 9.90 Å². The molecular weight excluding hydrogens is 456 g/mol. The molecule has 1 aliphatic rings. The third-order valence-corrected chi connectivity index (χ3v) is 5.92. The quantitative estimate of drug-likeness (QED) is 0.351. The van der Waals surface area contributed by atoms with Gasteiger partial charge in [0.05, 0.1) is 37.4 Å². The molecule has 1 amide bonds. The van der Waals surface area contributed by atoms with Gasteiger partial charge in [0.25, 0.3) is 0 Å². The summed E-state index contributed by atoms with van der Waals surface area (Å²) in [4.78, 5) is 11.9. The van der Waals surface area contributed by atoms with E-state index in [1.54, 1.807) is 12.1 Å². The van der Waals surface area contributed by atoms with E-state index in [4.69, 9.17) is 25.5 Å². The van der Waals surface area contributed by atoms with Crippen molar-refractivity contribution in [3.8, 4) is 5.75 Å². The van der Waals surface area contributed by atoms with E-state index in [0.29, 0.717) is 30.9 Å². The van der Waals surface area contributed by atoms with Crippen LogP contribution >= 0.6 is 11.6 Å². The van der Waals surface area contributed by atoms with Gasteiger partial charge in [-0.3, -0.25) is 4.79 Å². The zero-order valence-corrected chi connectivity index (χ0v) is 19.6. The third-order valence-electron chi connectivity index (χ3n) is 5.55. The monoisotopic (exact) mass is 482 g/mol. The lowest BCUT2D eigenvalue weighted by Crippen LogP contribution is -2.33. The molecule has 2 aromatic carbocycles. The molecule has 3 aromatic rings. The zero-order valence-electron chi connectivity index (χ0n) is 18.8. The van der Waals surface area contributed by atoms with Gasteiger partial charge in [-0.2, -0.15) is 5.10 Å². The van der Waals surface area contributed by atoms with E-state index in [1.807, 2.05) is 49.4 Å².